The fraction of sp³-hybridized carbons (Fsp3) is 0.542. The summed E-state index contributed by atoms with van der Waals surface area (Å²) in [4.78, 5) is 7.34. The van der Waals surface area contributed by atoms with Gasteiger partial charge < -0.3 is 24.5 Å². The van der Waals surface area contributed by atoms with Gasteiger partial charge in [-0.3, -0.25) is 4.90 Å². The van der Waals surface area contributed by atoms with Crippen molar-refractivity contribution in [2.75, 3.05) is 46.0 Å². The molecule has 0 spiro atoms. The minimum absolute atomic E-state index is 0.269. The lowest BCUT2D eigenvalue weighted by Crippen LogP contribution is -2.42. The normalized spacial score (nSPS) is 20.1. The molecule has 0 radical (unpaired) electrons. The van der Waals surface area contributed by atoms with Crippen molar-refractivity contribution in [3.05, 3.63) is 59.5 Å². The highest BCUT2D eigenvalue weighted by Gasteiger charge is 2.16. The molecule has 0 bridgehead atoms. The average Bonchev–Trinajstić information content (AvgIpc) is 3.51. The van der Waals surface area contributed by atoms with Crippen LogP contribution in [0, 0.1) is 0 Å². The number of aliphatic imine (C=N–C) groups is 1. The van der Waals surface area contributed by atoms with Crippen LogP contribution in [0.25, 0.3) is 0 Å². The number of benzene rings is 1. The molecule has 2 N–H and O–H groups in total. The van der Waals surface area contributed by atoms with Gasteiger partial charge in [-0.05, 0) is 36.1 Å². The Morgan fingerprint density at radius 3 is 2.68 bits per heavy atom. The van der Waals surface area contributed by atoms with Crippen LogP contribution >= 0.6 is 0 Å². The third-order valence-corrected chi connectivity index (χ3v) is 5.79. The van der Waals surface area contributed by atoms with E-state index in [0.29, 0.717) is 6.54 Å². The molecule has 7 heteroatoms. The number of hydrogen-bond acceptors (Lipinski definition) is 5. The van der Waals surface area contributed by atoms with E-state index in [1.807, 2.05) is 12.1 Å². The summed E-state index contributed by atoms with van der Waals surface area (Å²) in [6.45, 7) is 7.60. The maximum Gasteiger partial charge on any atom is 0.191 e. The van der Waals surface area contributed by atoms with Crippen LogP contribution in [0.4, 0.5) is 0 Å². The molecule has 2 aliphatic heterocycles. The number of rotatable bonds is 9. The van der Waals surface area contributed by atoms with Crippen molar-refractivity contribution in [3.8, 4) is 0 Å². The van der Waals surface area contributed by atoms with Gasteiger partial charge in [0.05, 0.1) is 32.1 Å². The molecular formula is C24H34N4O3. The third-order valence-electron chi connectivity index (χ3n) is 5.79. The minimum atomic E-state index is 0.269. The molecule has 4 rings (SSSR count). The second-order valence-corrected chi connectivity index (χ2v) is 8.09. The second-order valence-electron chi connectivity index (χ2n) is 8.09. The van der Waals surface area contributed by atoms with Crippen LogP contribution in [0.3, 0.4) is 0 Å². The third kappa shape index (κ3) is 7.09. The van der Waals surface area contributed by atoms with E-state index < -0.39 is 0 Å². The van der Waals surface area contributed by atoms with E-state index >= 15 is 0 Å². The van der Waals surface area contributed by atoms with Crippen LogP contribution in [0.15, 0.2) is 52.1 Å². The van der Waals surface area contributed by atoms with Gasteiger partial charge in [0.25, 0.3) is 0 Å². The Morgan fingerprint density at radius 1 is 1.03 bits per heavy atom. The Balaban J connectivity index is 1.36. The molecule has 1 aromatic carbocycles. The van der Waals surface area contributed by atoms with E-state index in [4.69, 9.17) is 18.9 Å². The SMILES string of the molecule is c1coc(CCNC(=NCc2ccccc2CN2CCOCC2)NCC2CCCO2)c1. The van der Waals surface area contributed by atoms with Crippen molar-refractivity contribution in [2.45, 2.75) is 38.5 Å². The summed E-state index contributed by atoms with van der Waals surface area (Å²) >= 11 is 0. The summed E-state index contributed by atoms with van der Waals surface area (Å²) in [5, 5.41) is 6.92. The standard InChI is InChI=1S/C24H34N4O3/c1-2-6-21(19-28-11-15-29-16-12-28)20(5-1)17-26-24(27-18-23-8-4-14-31-23)25-10-9-22-7-3-13-30-22/h1-3,5-7,13,23H,4,8-12,14-19H2,(H2,25,26,27). The Bertz CT molecular complexity index is 797. The predicted octanol–water partition coefficient (Wildman–Crippen LogP) is 2.57. The first kappa shape index (κ1) is 21.9. The Morgan fingerprint density at radius 2 is 1.90 bits per heavy atom. The van der Waals surface area contributed by atoms with Gasteiger partial charge in [-0.15, -0.1) is 0 Å². The minimum Gasteiger partial charge on any atom is -0.469 e. The maximum absolute atomic E-state index is 5.76. The quantitative estimate of drug-likeness (QED) is 0.474. The molecule has 2 saturated heterocycles. The predicted molar refractivity (Wildman–Crippen MR) is 121 cm³/mol. The monoisotopic (exact) mass is 426 g/mol. The number of hydrogen-bond donors (Lipinski definition) is 2. The first-order valence-corrected chi connectivity index (χ1v) is 11.4. The number of morpholine rings is 1. The zero-order chi connectivity index (χ0) is 21.1. The molecule has 168 valence electrons. The summed E-state index contributed by atoms with van der Waals surface area (Å²) < 4.78 is 16.7. The molecule has 1 atom stereocenters. The van der Waals surface area contributed by atoms with Gasteiger partial charge in [0.1, 0.15) is 5.76 Å². The number of guanidine groups is 1. The average molecular weight is 427 g/mol. The summed E-state index contributed by atoms with van der Waals surface area (Å²) in [5.74, 6) is 1.80. The first-order valence-electron chi connectivity index (χ1n) is 11.4. The molecule has 1 unspecified atom stereocenters. The number of nitrogens with one attached hydrogen (secondary N) is 2. The van der Waals surface area contributed by atoms with E-state index in [1.165, 1.54) is 11.1 Å². The zero-order valence-corrected chi connectivity index (χ0v) is 18.2. The smallest absolute Gasteiger partial charge is 0.191 e. The highest BCUT2D eigenvalue weighted by atomic mass is 16.5. The molecule has 2 aromatic rings. The molecular weight excluding hydrogens is 392 g/mol. The molecule has 0 amide bonds. The van der Waals surface area contributed by atoms with E-state index in [-0.39, 0.29) is 6.10 Å². The van der Waals surface area contributed by atoms with Crippen LogP contribution in [0.1, 0.15) is 29.7 Å². The topological polar surface area (TPSA) is 71.3 Å². The van der Waals surface area contributed by atoms with Crippen molar-refractivity contribution in [2.24, 2.45) is 4.99 Å². The van der Waals surface area contributed by atoms with E-state index in [2.05, 4.69) is 39.8 Å². The number of furan rings is 1. The summed E-state index contributed by atoms with van der Waals surface area (Å²) in [6.07, 6.45) is 5.05. The Labute approximate surface area is 184 Å². The lowest BCUT2D eigenvalue weighted by atomic mass is 10.1. The van der Waals surface area contributed by atoms with Crippen molar-refractivity contribution in [1.82, 2.24) is 15.5 Å². The van der Waals surface area contributed by atoms with Gasteiger partial charge in [0.15, 0.2) is 5.96 Å². The van der Waals surface area contributed by atoms with Gasteiger partial charge >= 0.3 is 0 Å². The second kappa shape index (κ2) is 11.9. The van der Waals surface area contributed by atoms with Crippen molar-refractivity contribution in [3.63, 3.8) is 0 Å². The number of ether oxygens (including phenoxy) is 2. The van der Waals surface area contributed by atoms with E-state index in [9.17, 15) is 0 Å². The van der Waals surface area contributed by atoms with Gasteiger partial charge in [-0.25, -0.2) is 4.99 Å². The molecule has 1 aromatic heterocycles. The fourth-order valence-corrected chi connectivity index (χ4v) is 3.98. The highest BCUT2D eigenvalue weighted by Crippen LogP contribution is 2.14. The molecule has 2 fully saturated rings. The molecule has 0 saturated carbocycles. The zero-order valence-electron chi connectivity index (χ0n) is 18.2. The van der Waals surface area contributed by atoms with Crippen molar-refractivity contribution in [1.29, 1.82) is 0 Å². The van der Waals surface area contributed by atoms with Gasteiger partial charge in [0, 0.05) is 45.8 Å². The van der Waals surface area contributed by atoms with Gasteiger partial charge in [-0.1, -0.05) is 24.3 Å². The van der Waals surface area contributed by atoms with Gasteiger partial charge in [0.2, 0.25) is 0 Å². The van der Waals surface area contributed by atoms with E-state index in [0.717, 1.165) is 83.5 Å². The summed E-state index contributed by atoms with van der Waals surface area (Å²) in [5.41, 5.74) is 2.60. The summed E-state index contributed by atoms with van der Waals surface area (Å²) in [7, 11) is 0. The lowest BCUT2D eigenvalue weighted by molar-refractivity contribution is 0.0341. The largest absolute Gasteiger partial charge is 0.469 e. The molecule has 7 nitrogen and oxygen atoms in total. The molecule has 2 aliphatic rings. The highest BCUT2D eigenvalue weighted by molar-refractivity contribution is 5.79. The van der Waals surface area contributed by atoms with Crippen LogP contribution in [-0.4, -0.2) is 63.0 Å². The maximum atomic E-state index is 5.76. The fourth-order valence-electron chi connectivity index (χ4n) is 3.98. The number of nitrogens with zero attached hydrogens (tertiary/aromatic N) is 2. The van der Waals surface area contributed by atoms with Gasteiger partial charge in [-0.2, -0.15) is 0 Å². The van der Waals surface area contributed by atoms with Crippen LogP contribution in [-0.2, 0) is 29.0 Å². The first-order chi connectivity index (χ1) is 15.4. The van der Waals surface area contributed by atoms with Crippen molar-refractivity contribution < 1.29 is 13.9 Å². The molecule has 0 aliphatic carbocycles. The Kier molecular flexibility index (Phi) is 8.38. The van der Waals surface area contributed by atoms with Crippen molar-refractivity contribution >= 4 is 5.96 Å². The van der Waals surface area contributed by atoms with Crippen LogP contribution in [0.5, 0.6) is 0 Å². The molecule has 31 heavy (non-hydrogen) atoms. The van der Waals surface area contributed by atoms with Crippen LogP contribution in [0.2, 0.25) is 0 Å². The summed E-state index contributed by atoms with van der Waals surface area (Å²) in [6, 6.07) is 12.5. The van der Waals surface area contributed by atoms with Crippen LogP contribution < -0.4 is 10.6 Å². The lowest BCUT2D eigenvalue weighted by Gasteiger charge is -2.27. The Hall–Kier alpha value is -2.35. The molecule has 3 heterocycles. The van der Waals surface area contributed by atoms with E-state index in [1.54, 1.807) is 6.26 Å².